The van der Waals surface area contributed by atoms with Gasteiger partial charge in [0.25, 0.3) is 0 Å². The van der Waals surface area contributed by atoms with E-state index in [1.165, 1.54) is 56.9 Å². The summed E-state index contributed by atoms with van der Waals surface area (Å²) >= 11 is 0. The molecule has 5 aliphatic carbocycles. The van der Waals surface area contributed by atoms with Crippen molar-refractivity contribution in [3.63, 3.8) is 0 Å². The Kier molecular flexibility index (Phi) is 5.56. The van der Waals surface area contributed by atoms with E-state index in [9.17, 15) is 5.11 Å². The van der Waals surface area contributed by atoms with Gasteiger partial charge in [0.1, 0.15) is 0 Å². The lowest BCUT2D eigenvalue weighted by molar-refractivity contribution is -0.132. The molecular formula is C27H46O. The molecule has 0 amide bonds. The van der Waals surface area contributed by atoms with Gasteiger partial charge in [0.15, 0.2) is 0 Å². The van der Waals surface area contributed by atoms with Crippen LogP contribution in [0.5, 0.6) is 0 Å². The Bertz CT molecular complexity index is 591. The van der Waals surface area contributed by atoms with Crippen LogP contribution in [0.15, 0.2) is 12.2 Å². The van der Waals surface area contributed by atoms with E-state index in [4.69, 9.17) is 0 Å². The predicted molar refractivity (Wildman–Crippen MR) is 119 cm³/mol. The molecule has 5 aliphatic rings. The molecule has 0 aromatic heterocycles. The van der Waals surface area contributed by atoms with Gasteiger partial charge in [0.05, 0.1) is 6.10 Å². The van der Waals surface area contributed by atoms with Crippen LogP contribution in [0.2, 0.25) is 0 Å². The molecule has 5 rings (SSSR count). The molecule has 0 aliphatic heterocycles. The molecule has 1 nitrogen and oxygen atoms in total. The minimum Gasteiger partial charge on any atom is -0.393 e. The Morgan fingerprint density at radius 3 is 2.18 bits per heavy atom. The first-order chi connectivity index (χ1) is 13.3. The zero-order chi connectivity index (χ0) is 20.3. The van der Waals surface area contributed by atoms with Crippen molar-refractivity contribution in [3.8, 4) is 0 Å². The third kappa shape index (κ3) is 3.05. The van der Waals surface area contributed by atoms with Gasteiger partial charge in [-0.15, -0.1) is 0 Å². The number of hydrogen-bond acceptors (Lipinski definition) is 1. The SMILES string of the molecule is C=C(C)C1CC(C2CC2)C2C3CCC4CC(O)CCC4(C)C3CCC12C.CC. The number of aliphatic hydroxyl groups excluding tert-OH is 1. The summed E-state index contributed by atoms with van der Waals surface area (Å²) in [6.45, 7) is 16.1. The lowest BCUT2D eigenvalue weighted by Gasteiger charge is -2.61. The molecular weight excluding hydrogens is 340 g/mol. The van der Waals surface area contributed by atoms with Crippen LogP contribution in [0, 0.1) is 52.3 Å². The Morgan fingerprint density at radius 2 is 1.54 bits per heavy atom. The molecule has 5 saturated carbocycles. The van der Waals surface area contributed by atoms with E-state index in [1.54, 1.807) is 0 Å². The quantitative estimate of drug-likeness (QED) is 0.496. The number of aliphatic hydroxyl groups is 1. The Hall–Kier alpha value is -0.300. The maximum absolute atomic E-state index is 10.3. The van der Waals surface area contributed by atoms with Crippen LogP contribution < -0.4 is 0 Å². The van der Waals surface area contributed by atoms with Crippen molar-refractivity contribution in [2.45, 2.75) is 105 Å². The lowest BCUT2D eigenvalue weighted by atomic mass is 9.44. The first-order valence-corrected chi connectivity index (χ1v) is 12.7. The first-order valence-electron chi connectivity index (χ1n) is 12.7. The minimum atomic E-state index is -0.0167. The topological polar surface area (TPSA) is 20.2 Å². The van der Waals surface area contributed by atoms with E-state index in [-0.39, 0.29) is 6.10 Å². The highest BCUT2D eigenvalue weighted by atomic mass is 16.3. The molecule has 28 heavy (non-hydrogen) atoms. The maximum atomic E-state index is 10.3. The Balaban J connectivity index is 0.000000932. The van der Waals surface area contributed by atoms with Crippen molar-refractivity contribution in [1.82, 2.24) is 0 Å². The molecule has 0 spiro atoms. The monoisotopic (exact) mass is 386 g/mol. The summed E-state index contributed by atoms with van der Waals surface area (Å²) in [5.74, 6) is 6.44. The average Bonchev–Trinajstić information content (AvgIpc) is 3.45. The average molecular weight is 387 g/mol. The van der Waals surface area contributed by atoms with Crippen molar-refractivity contribution in [3.05, 3.63) is 12.2 Å². The Labute approximate surface area is 174 Å². The number of fused-ring (bicyclic) bond motifs is 5. The van der Waals surface area contributed by atoms with Gasteiger partial charge in [0.2, 0.25) is 0 Å². The number of hydrogen-bond donors (Lipinski definition) is 1. The van der Waals surface area contributed by atoms with Crippen LogP contribution in [0.3, 0.4) is 0 Å². The van der Waals surface area contributed by atoms with E-state index >= 15 is 0 Å². The van der Waals surface area contributed by atoms with Crippen LogP contribution in [-0.4, -0.2) is 11.2 Å². The third-order valence-corrected chi connectivity index (χ3v) is 10.5. The molecule has 0 radical (unpaired) electrons. The molecule has 9 atom stereocenters. The van der Waals surface area contributed by atoms with Crippen molar-refractivity contribution in [1.29, 1.82) is 0 Å². The zero-order valence-electron chi connectivity index (χ0n) is 19.3. The third-order valence-electron chi connectivity index (χ3n) is 10.5. The molecule has 0 aromatic carbocycles. The molecule has 0 saturated heterocycles. The van der Waals surface area contributed by atoms with Crippen LogP contribution in [0.4, 0.5) is 0 Å². The van der Waals surface area contributed by atoms with Gasteiger partial charge in [-0.1, -0.05) is 39.8 Å². The maximum Gasteiger partial charge on any atom is 0.0543 e. The summed E-state index contributed by atoms with van der Waals surface area (Å²) in [6.07, 6.45) is 13.6. The van der Waals surface area contributed by atoms with Crippen molar-refractivity contribution < 1.29 is 5.11 Å². The largest absolute Gasteiger partial charge is 0.393 e. The van der Waals surface area contributed by atoms with Crippen LogP contribution in [-0.2, 0) is 0 Å². The Morgan fingerprint density at radius 1 is 0.857 bits per heavy atom. The van der Waals surface area contributed by atoms with Gasteiger partial charge in [-0.25, -0.2) is 0 Å². The van der Waals surface area contributed by atoms with E-state index < -0.39 is 0 Å². The summed E-state index contributed by atoms with van der Waals surface area (Å²) in [5, 5.41) is 10.3. The lowest BCUT2D eigenvalue weighted by Crippen LogP contribution is -2.54. The molecule has 5 fully saturated rings. The fourth-order valence-electron chi connectivity index (χ4n) is 9.19. The first kappa shape index (κ1) is 21.0. The summed E-state index contributed by atoms with van der Waals surface area (Å²) in [5.41, 5.74) is 2.51. The second-order valence-corrected chi connectivity index (χ2v) is 11.7. The van der Waals surface area contributed by atoms with Crippen molar-refractivity contribution in [2.75, 3.05) is 0 Å². The van der Waals surface area contributed by atoms with Gasteiger partial charge in [-0.2, -0.15) is 0 Å². The molecule has 0 bridgehead atoms. The predicted octanol–water partition coefficient (Wildman–Crippen LogP) is 7.24. The highest BCUT2D eigenvalue weighted by molar-refractivity contribution is 5.18. The second-order valence-electron chi connectivity index (χ2n) is 11.7. The van der Waals surface area contributed by atoms with Gasteiger partial charge in [-0.05, 0) is 123 Å². The van der Waals surface area contributed by atoms with Crippen LogP contribution in [0.1, 0.15) is 98.8 Å². The van der Waals surface area contributed by atoms with E-state index in [1.807, 2.05) is 13.8 Å². The van der Waals surface area contributed by atoms with Gasteiger partial charge in [-0.3, -0.25) is 0 Å². The molecule has 9 unspecified atom stereocenters. The van der Waals surface area contributed by atoms with Crippen molar-refractivity contribution >= 4 is 0 Å². The highest BCUT2D eigenvalue weighted by Crippen LogP contribution is 2.71. The number of allylic oxidation sites excluding steroid dienone is 1. The van der Waals surface area contributed by atoms with E-state index in [0.717, 1.165) is 54.3 Å². The highest BCUT2D eigenvalue weighted by Gasteiger charge is 2.64. The minimum absolute atomic E-state index is 0.0167. The van der Waals surface area contributed by atoms with E-state index in [0.29, 0.717) is 10.8 Å². The summed E-state index contributed by atoms with van der Waals surface area (Å²) in [4.78, 5) is 0. The standard InChI is InChI=1S/C25H40O.C2H6/c1-15(2)22-14-20(16-5-6-16)23-19-8-7-17-13-18(26)9-11-24(17,3)21(19)10-12-25(22,23)4;1-2/h16-23,26H,1,5-14H2,2-4H3;1-2H3. The van der Waals surface area contributed by atoms with Gasteiger partial charge < -0.3 is 5.11 Å². The molecule has 0 aromatic rings. The number of rotatable bonds is 2. The smallest absolute Gasteiger partial charge is 0.0543 e. The summed E-state index contributed by atoms with van der Waals surface area (Å²) in [6, 6.07) is 0. The zero-order valence-corrected chi connectivity index (χ0v) is 19.3. The molecule has 160 valence electrons. The molecule has 0 heterocycles. The normalized spacial score (nSPS) is 52.6. The summed E-state index contributed by atoms with van der Waals surface area (Å²) in [7, 11) is 0. The van der Waals surface area contributed by atoms with Gasteiger partial charge in [0, 0.05) is 0 Å². The fraction of sp³-hybridized carbons (Fsp3) is 0.926. The van der Waals surface area contributed by atoms with Gasteiger partial charge >= 0.3 is 0 Å². The van der Waals surface area contributed by atoms with Crippen LogP contribution in [0.25, 0.3) is 0 Å². The second kappa shape index (κ2) is 7.44. The van der Waals surface area contributed by atoms with Crippen molar-refractivity contribution in [2.24, 2.45) is 52.3 Å². The van der Waals surface area contributed by atoms with Crippen LogP contribution >= 0.6 is 0 Å². The summed E-state index contributed by atoms with van der Waals surface area (Å²) < 4.78 is 0. The fourth-order valence-corrected chi connectivity index (χ4v) is 9.19. The van der Waals surface area contributed by atoms with E-state index in [2.05, 4.69) is 27.4 Å². The molecule has 1 heteroatoms. The molecule has 1 N–H and O–H groups in total.